The smallest absolute Gasteiger partial charge is 0.165 e. The van der Waals surface area contributed by atoms with Gasteiger partial charge in [0.15, 0.2) is 11.6 Å². The molecule has 4 nitrogen and oxygen atoms in total. The second-order valence-corrected chi connectivity index (χ2v) is 4.94. The third-order valence-electron chi connectivity index (χ3n) is 3.25. The average Bonchev–Trinajstić information content (AvgIpc) is 2.76. The van der Waals surface area contributed by atoms with Gasteiger partial charge in [-0.25, -0.2) is 0 Å². The summed E-state index contributed by atoms with van der Waals surface area (Å²) in [7, 11) is 0. The van der Waals surface area contributed by atoms with E-state index in [1.165, 1.54) is 6.08 Å². The largest absolute Gasteiger partial charge is 0.393 e. The lowest BCUT2D eigenvalue weighted by molar-refractivity contribution is -0.148. The number of carbonyl (C=O) groups is 1. The molecule has 104 valence electrons. The average molecular weight is 256 g/mol. The number of rotatable bonds is 9. The first-order valence-corrected chi connectivity index (χ1v) is 6.67. The summed E-state index contributed by atoms with van der Waals surface area (Å²) in [6.45, 7) is 6.67. The third-order valence-corrected chi connectivity index (χ3v) is 3.25. The van der Waals surface area contributed by atoms with Crippen LogP contribution in [0.15, 0.2) is 12.7 Å². The van der Waals surface area contributed by atoms with Gasteiger partial charge < -0.3 is 14.6 Å². The van der Waals surface area contributed by atoms with Crippen molar-refractivity contribution in [3.8, 4) is 0 Å². The summed E-state index contributed by atoms with van der Waals surface area (Å²) < 4.78 is 11.0. The number of carbonyl (C=O) groups excluding carboxylic acids is 1. The molecule has 1 aliphatic rings. The SMILES string of the molecule is C=CC(=O)CCCC(O)CCCC1(C)OCCO1. The highest BCUT2D eigenvalue weighted by Gasteiger charge is 2.30. The first-order valence-electron chi connectivity index (χ1n) is 6.67. The van der Waals surface area contributed by atoms with Gasteiger partial charge in [0.25, 0.3) is 0 Å². The van der Waals surface area contributed by atoms with E-state index in [1.807, 2.05) is 6.92 Å². The fourth-order valence-electron chi connectivity index (χ4n) is 2.12. The van der Waals surface area contributed by atoms with Crippen LogP contribution in [0.25, 0.3) is 0 Å². The normalized spacial score (nSPS) is 19.7. The second-order valence-electron chi connectivity index (χ2n) is 4.94. The number of hydrogen-bond acceptors (Lipinski definition) is 4. The predicted molar refractivity (Wildman–Crippen MR) is 69.2 cm³/mol. The Kier molecular flexibility index (Phi) is 6.54. The summed E-state index contributed by atoms with van der Waals surface area (Å²) >= 11 is 0. The molecule has 0 amide bonds. The first kappa shape index (κ1) is 15.3. The van der Waals surface area contributed by atoms with Gasteiger partial charge in [0, 0.05) is 12.8 Å². The van der Waals surface area contributed by atoms with E-state index in [0.717, 1.165) is 25.7 Å². The van der Waals surface area contributed by atoms with Crippen molar-refractivity contribution in [3.05, 3.63) is 12.7 Å². The minimum absolute atomic E-state index is 0.0440. The monoisotopic (exact) mass is 256 g/mol. The lowest BCUT2D eigenvalue weighted by Crippen LogP contribution is -2.25. The summed E-state index contributed by atoms with van der Waals surface area (Å²) in [6, 6.07) is 0. The van der Waals surface area contributed by atoms with Gasteiger partial charge in [-0.2, -0.15) is 0 Å². The maximum absolute atomic E-state index is 11.0. The first-order chi connectivity index (χ1) is 8.56. The quantitative estimate of drug-likeness (QED) is 0.643. The molecule has 1 N–H and O–H groups in total. The molecule has 0 aromatic carbocycles. The van der Waals surface area contributed by atoms with E-state index in [0.29, 0.717) is 26.1 Å². The van der Waals surface area contributed by atoms with Gasteiger partial charge >= 0.3 is 0 Å². The van der Waals surface area contributed by atoms with Crippen molar-refractivity contribution in [1.29, 1.82) is 0 Å². The molecular weight excluding hydrogens is 232 g/mol. The number of hydrogen-bond donors (Lipinski definition) is 1. The Morgan fingerprint density at radius 3 is 2.61 bits per heavy atom. The van der Waals surface area contributed by atoms with Gasteiger partial charge in [0.1, 0.15) is 0 Å². The second kappa shape index (κ2) is 7.67. The maximum Gasteiger partial charge on any atom is 0.165 e. The molecule has 0 radical (unpaired) electrons. The van der Waals surface area contributed by atoms with Crippen molar-refractivity contribution in [3.63, 3.8) is 0 Å². The molecule has 1 aliphatic heterocycles. The number of ether oxygens (including phenoxy) is 2. The van der Waals surface area contributed by atoms with E-state index < -0.39 is 5.79 Å². The van der Waals surface area contributed by atoms with Crippen molar-refractivity contribution in [2.45, 2.75) is 57.3 Å². The van der Waals surface area contributed by atoms with Gasteiger partial charge in [-0.3, -0.25) is 4.79 Å². The number of aliphatic hydroxyl groups excluding tert-OH is 1. The van der Waals surface area contributed by atoms with E-state index in [9.17, 15) is 9.90 Å². The number of aliphatic hydroxyl groups is 1. The summed E-state index contributed by atoms with van der Waals surface area (Å²) in [5.74, 6) is -0.416. The molecule has 1 atom stereocenters. The predicted octanol–water partition coefficient (Wildman–Crippen LogP) is 2.21. The molecule has 0 bridgehead atoms. The Morgan fingerprint density at radius 1 is 1.39 bits per heavy atom. The fraction of sp³-hybridized carbons (Fsp3) is 0.786. The molecule has 0 aromatic rings. The molecule has 1 unspecified atom stereocenters. The minimum Gasteiger partial charge on any atom is -0.393 e. The molecule has 1 fully saturated rings. The Bertz CT molecular complexity index is 269. The Balaban J connectivity index is 2.04. The van der Waals surface area contributed by atoms with Gasteiger partial charge in [-0.1, -0.05) is 6.58 Å². The molecule has 0 aliphatic carbocycles. The van der Waals surface area contributed by atoms with Crippen LogP contribution in [-0.2, 0) is 14.3 Å². The van der Waals surface area contributed by atoms with Crippen molar-refractivity contribution < 1.29 is 19.4 Å². The molecule has 18 heavy (non-hydrogen) atoms. The van der Waals surface area contributed by atoms with E-state index in [4.69, 9.17) is 9.47 Å². The van der Waals surface area contributed by atoms with Crippen LogP contribution in [0, 0.1) is 0 Å². The van der Waals surface area contributed by atoms with Gasteiger partial charge in [0.2, 0.25) is 0 Å². The highest BCUT2D eigenvalue weighted by Crippen LogP contribution is 2.25. The van der Waals surface area contributed by atoms with Crippen LogP contribution in [0.3, 0.4) is 0 Å². The topological polar surface area (TPSA) is 55.8 Å². The van der Waals surface area contributed by atoms with Crippen molar-refractivity contribution in [1.82, 2.24) is 0 Å². The van der Waals surface area contributed by atoms with Gasteiger partial charge in [-0.05, 0) is 38.7 Å². The lowest BCUT2D eigenvalue weighted by atomic mass is 10.0. The summed E-state index contributed by atoms with van der Waals surface area (Å²) in [5, 5.41) is 9.77. The standard InChI is InChI=1S/C14H24O4/c1-3-12(15)6-4-7-13(16)8-5-9-14(2)17-10-11-18-14/h3,13,16H,1,4-11H2,2H3. The summed E-state index contributed by atoms with van der Waals surface area (Å²) in [4.78, 5) is 11.0. The van der Waals surface area contributed by atoms with Crippen LogP contribution in [0.4, 0.5) is 0 Å². The van der Waals surface area contributed by atoms with E-state index in [1.54, 1.807) is 0 Å². The molecule has 1 saturated heterocycles. The number of ketones is 1. The molecule has 0 aromatic heterocycles. The van der Waals surface area contributed by atoms with Gasteiger partial charge in [-0.15, -0.1) is 0 Å². The lowest BCUT2D eigenvalue weighted by Gasteiger charge is -2.22. The minimum atomic E-state index is -0.460. The Morgan fingerprint density at radius 2 is 2.00 bits per heavy atom. The fourth-order valence-corrected chi connectivity index (χ4v) is 2.12. The molecule has 1 rings (SSSR count). The molecule has 4 heteroatoms. The summed E-state index contributed by atoms with van der Waals surface area (Å²) in [5.41, 5.74) is 0. The van der Waals surface area contributed by atoms with Crippen LogP contribution in [0.5, 0.6) is 0 Å². The highest BCUT2D eigenvalue weighted by atomic mass is 16.7. The molecule has 0 saturated carbocycles. The van der Waals surface area contributed by atoms with Gasteiger partial charge in [0.05, 0.1) is 19.3 Å². The zero-order valence-electron chi connectivity index (χ0n) is 11.2. The highest BCUT2D eigenvalue weighted by molar-refractivity contribution is 5.88. The zero-order valence-corrected chi connectivity index (χ0v) is 11.2. The van der Waals surface area contributed by atoms with Crippen LogP contribution in [-0.4, -0.2) is 36.0 Å². The van der Waals surface area contributed by atoms with Crippen molar-refractivity contribution in [2.24, 2.45) is 0 Å². The third kappa shape index (κ3) is 5.76. The van der Waals surface area contributed by atoms with Crippen LogP contribution >= 0.6 is 0 Å². The zero-order chi connectivity index (χ0) is 13.4. The Hall–Kier alpha value is -0.710. The molecule has 0 spiro atoms. The molecular formula is C14H24O4. The van der Waals surface area contributed by atoms with E-state index >= 15 is 0 Å². The van der Waals surface area contributed by atoms with Crippen LogP contribution in [0.1, 0.15) is 45.4 Å². The summed E-state index contributed by atoms with van der Waals surface area (Å²) in [6.07, 6.45) is 5.25. The maximum atomic E-state index is 11.0. The van der Waals surface area contributed by atoms with Crippen LogP contribution < -0.4 is 0 Å². The van der Waals surface area contributed by atoms with Crippen LogP contribution in [0.2, 0.25) is 0 Å². The van der Waals surface area contributed by atoms with E-state index in [-0.39, 0.29) is 11.9 Å². The van der Waals surface area contributed by atoms with Crippen molar-refractivity contribution in [2.75, 3.05) is 13.2 Å². The Labute approximate surface area is 109 Å². The molecule has 1 heterocycles. The number of allylic oxidation sites excluding steroid dienone is 1. The van der Waals surface area contributed by atoms with E-state index in [2.05, 4.69) is 6.58 Å². The van der Waals surface area contributed by atoms with Crippen molar-refractivity contribution >= 4 is 5.78 Å².